The van der Waals surface area contributed by atoms with Crippen LogP contribution < -0.4 is 20.7 Å². The maximum absolute atomic E-state index is 13.5. The molecular formula is C34H44N4O3. The van der Waals surface area contributed by atoms with Crippen LogP contribution in [0.25, 0.3) is 0 Å². The molecule has 1 saturated heterocycles. The van der Waals surface area contributed by atoms with E-state index in [1.165, 1.54) is 18.4 Å². The van der Waals surface area contributed by atoms with Crippen LogP contribution in [0, 0.1) is 13.8 Å². The summed E-state index contributed by atoms with van der Waals surface area (Å²) in [5, 5.41) is 9.09. The fraction of sp³-hybridized carbons (Fsp3) is 0.412. The zero-order valence-electron chi connectivity index (χ0n) is 25.3. The Labute approximate surface area is 244 Å². The predicted octanol–water partition coefficient (Wildman–Crippen LogP) is 7.81. The van der Waals surface area contributed by atoms with Crippen LogP contribution in [0.2, 0.25) is 0 Å². The first-order valence-corrected chi connectivity index (χ1v) is 14.7. The van der Waals surface area contributed by atoms with Gasteiger partial charge in [-0.2, -0.15) is 0 Å². The van der Waals surface area contributed by atoms with Crippen molar-refractivity contribution in [1.29, 1.82) is 0 Å². The molecule has 7 nitrogen and oxygen atoms in total. The first kappa shape index (κ1) is 30.1. The summed E-state index contributed by atoms with van der Waals surface area (Å²) in [4.78, 5) is 28.9. The number of amides is 3. The molecule has 3 aromatic carbocycles. The molecule has 0 radical (unpaired) electrons. The molecule has 0 spiro atoms. The van der Waals surface area contributed by atoms with Crippen molar-refractivity contribution in [2.75, 3.05) is 36.8 Å². The molecule has 0 bridgehead atoms. The number of nitrogens with one attached hydrogen (secondary N) is 3. The normalized spacial score (nSPS) is 13.5. The molecule has 1 aliphatic heterocycles. The summed E-state index contributed by atoms with van der Waals surface area (Å²) in [5.41, 5.74) is 6.12. The summed E-state index contributed by atoms with van der Waals surface area (Å²) in [6, 6.07) is 16.8. The number of benzene rings is 3. The van der Waals surface area contributed by atoms with Crippen LogP contribution in [0.1, 0.15) is 85.0 Å². The van der Waals surface area contributed by atoms with Crippen molar-refractivity contribution in [1.82, 2.24) is 10.2 Å². The van der Waals surface area contributed by atoms with Gasteiger partial charge in [-0.25, -0.2) is 4.79 Å². The van der Waals surface area contributed by atoms with Gasteiger partial charge in [-0.1, -0.05) is 52.0 Å². The van der Waals surface area contributed by atoms with Crippen LogP contribution in [0.5, 0.6) is 11.5 Å². The Kier molecular flexibility index (Phi) is 10.1. The maximum Gasteiger partial charge on any atom is 0.323 e. The molecule has 1 heterocycles. The average molecular weight is 557 g/mol. The minimum atomic E-state index is -0.392. The standard InChI is InChI=1S/C34H44N4O3/c1-22(2)28-10-9-11-29(23(3)4)32(28)37-34(40)36-30-21-26(33(39)35-16-19-38-17-7-8-18-38)13-15-31(30)41-27-14-12-24(5)25(6)20-27/h9-15,20-23H,7-8,16-19H2,1-6H3,(H,35,39)(H2,36,37,40). The van der Waals surface area contributed by atoms with E-state index >= 15 is 0 Å². The van der Waals surface area contributed by atoms with Crippen molar-refractivity contribution in [2.24, 2.45) is 0 Å². The van der Waals surface area contributed by atoms with E-state index < -0.39 is 6.03 Å². The Morgan fingerprint density at radius 2 is 1.54 bits per heavy atom. The Morgan fingerprint density at radius 1 is 0.854 bits per heavy atom. The highest BCUT2D eigenvalue weighted by molar-refractivity contribution is 6.03. The monoisotopic (exact) mass is 556 g/mol. The number of rotatable bonds is 10. The molecule has 0 atom stereocenters. The first-order chi connectivity index (χ1) is 19.6. The SMILES string of the molecule is Cc1ccc(Oc2ccc(C(=O)NCCN3CCCC3)cc2NC(=O)Nc2c(C(C)C)cccc2C(C)C)cc1C. The van der Waals surface area contributed by atoms with Gasteiger partial charge in [-0.15, -0.1) is 0 Å². The third-order valence-electron chi connectivity index (χ3n) is 7.72. The number of likely N-dealkylation sites (tertiary alicyclic amines) is 1. The largest absolute Gasteiger partial charge is 0.455 e. The molecule has 3 N–H and O–H groups in total. The van der Waals surface area contributed by atoms with E-state index in [4.69, 9.17) is 4.74 Å². The molecule has 41 heavy (non-hydrogen) atoms. The molecule has 4 rings (SSSR count). The van der Waals surface area contributed by atoms with Gasteiger partial charge in [0.25, 0.3) is 5.91 Å². The van der Waals surface area contributed by atoms with Crippen LogP contribution in [-0.4, -0.2) is 43.0 Å². The fourth-order valence-corrected chi connectivity index (χ4v) is 5.16. The number of anilines is 2. The van der Waals surface area contributed by atoms with Crippen molar-refractivity contribution in [3.05, 3.63) is 82.4 Å². The summed E-state index contributed by atoms with van der Waals surface area (Å²) in [7, 11) is 0. The number of aryl methyl sites for hydroxylation is 2. The molecule has 1 fully saturated rings. The van der Waals surface area contributed by atoms with Crippen molar-refractivity contribution < 1.29 is 14.3 Å². The lowest BCUT2D eigenvalue weighted by Gasteiger charge is -2.21. The molecular weight excluding hydrogens is 512 g/mol. The maximum atomic E-state index is 13.5. The predicted molar refractivity (Wildman–Crippen MR) is 168 cm³/mol. The molecule has 0 aromatic heterocycles. The lowest BCUT2D eigenvalue weighted by Crippen LogP contribution is -2.33. The summed E-state index contributed by atoms with van der Waals surface area (Å²) in [6.45, 7) is 16.1. The van der Waals surface area contributed by atoms with Gasteiger partial charge < -0.3 is 25.6 Å². The van der Waals surface area contributed by atoms with Crippen LogP contribution in [0.15, 0.2) is 54.6 Å². The van der Waals surface area contributed by atoms with Crippen molar-refractivity contribution >= 4 is 23.3 Å². The second-order valence-corrected chi connectivity index (χ2v) is 11.6. The number of hydrogen-bond acceptors (Lipinski definition) is 4. The Bertz CT molecular complexity index is 1350. The van der Waals surface area contributed by atoms with E-state index in [2.05, 4.69) is 48.5 Å². The highest BCUT2D eigenvalue weighted by atomic mass is 16.5. The van der Waals surface area contributed by atoms with E-state index in [1.54, 1.807) is 18.2 Å². The zero-order chi connectivity index (χ0) is 29.5. The summed E-state index contributed by atoms with van der Waals surface area (Å²) < 4.78 is 6.22. The topological polar surface area (TPSA) is 82.7 Å². The molecule has 0 aliphatic carbocycles. The van der Waals surface area contributed by atoms with Crippen LogP contribution in [-0.2, 0) is 0 Å². The van der Waals surface area contributed by atoms with E-state index in [1.807, 2.05) is 50.2 Å². The number of hydrogen-bond donors (Lipinski definition) is 3. The number of ether oxygens (including phenoxy) is 1. The van der Waals surface area contributed by atoms with E-state index in [9.17, 15) is 9.59 Å². The molecule has 218 valence electrons. The molecule has 7 heteroatoms. The molecule has 0 unspecified atom stereocenters. The highest BCUT2D eigenvalue weighted by Gasteiger charge is 2.19. The average Bonchev–Trinajstić information content (AvgIpc) is 3.45. The minimum absolute atomic E-state index is 0.183. The van der Waals surface area contributed by atoms with Crippen LogP contribution in [0.3, 0.4) is 0 Å². The Hall–Kier alpha value is -3.84. The highest BCUT2D eigenvalue weighted by Crippen LogP contribution is 2.34. The van der Waals surface area contributed by atoms with Gasteiger partial charge in [0, 0.05) is 24.3 Å². The summed E-state index contributed by atoms with van der Waals surface area (Å²) in [6.07, 6.45) is 2.43. The number of para-hydroxylation sites is 1. The van der Waals surface area contributed by atoms with Gasteiger partial charge in [0.2, 0.25) is 0 Å². The smallest absolute Gasteiger partial charge is 0.323 e. The van der Waals surface area contributed by atoms with Gasteiger partial charge in [-0.3, -0.25) is 4.79 Å². The van der Waals surface area contributed by atoms with E-state index in [0.717, 1.165) is 42.0 Å². The number of carbonyl (C=O) groups excluding carboxylic acids is 2. The van der Waals surface area contributed by atoms with Gasteiger partial charge in [-0.05, 0) is 104 Å². The van der Waals surface area contributed by atoms with Crippen molar-refractivity contribution in [3.63, 3.8) is 0 Å². The van der Waals surface area contributed by atoms with E-state index in [-0.39, 0.29) is 17.7 Å². The quantitative estimate of drug-likeness (QED) is 0.238. The molecule has 3 aromatic rings. The molecule has 3 amide bonds. The minimum Gasteiger partial charge on any atom is -0.455 e. The lowest BCUT2D eigenvalue weighted by molar-refractivity contribution is 0.0949. The second-order valence-electron chi connectivity index (χ2n) is 11.6. The lowest BCUT2D eigenvalue weighted by atomic mass is 9.93. The first-order valence-electron chi connectivity index (χ1n) is 14.7. The van der Waals surface area contributed by atoms with Gasteiger partial charge in [0.1, 0.15) is 5.75 Å². The number of urea groups is 1. The Balaban J connectivity index is 1.58. The van der Waals surface area contributed by atoms with Gasteiger partial charge >= 0.3 is 6.03 Å². The third kappa shape index (κ3) is 7.88. The number of nitrogens with zero attached hydrogens (tertiary/aromatic N) is 1. The van der Waals surface area contributed by atoms with Crippen molar-refractivity contribution in [2.45, 2.75) is 66.2 Å². The van der Waals surface area contributed by atoms with Crippen molar-refractivity contribution in [3.8, 4) is 11.5 Å². The second kappa shape index (κ2) is 13.7. The molecule has 1 aliphatic rings. The van der Waals surface area contributed by atoms with E-state index in [0.29, 0.717) is 29.3 Å². The summed E-state index contributed by atoms with van der Waals surface area (Å²) >= 11 is 0. The summed E-state index contributed by atoms with van der Waals surface area (Å²) in [5.74, 6) is 1.41. The van der Waals surface area contributed by atoms with Crippen LogP contribution >= 0.6 is 0 Å². The van der Waals surface area contributed by atoms with Gasteiger partial charge in [0.05, 0.1) is 5.69 Å². The number of carbonyl (C=O) groups is 2. The third-order valence-corrected chi connectivity index (χ3v) is 7.72. The Morgan fingerprint density at radius 3 is 2.17 bits per heavy atom. The molecule has 0 saturated carbocycles. The fourth-order valence-electron chi connectivity index (χ4n) is 5.16. The van der Waals surface area contributed by atoms with Crippen LogP contribution in [0.4, 0.5) is 16.2 Å². The zero-order valence-corrected chi connectivity index (χ0v) is 25.3. The van der Waals surface area contributed by atoms with Gasteiger partial charge in [0.15, 0.2) is 5.75 Å².